The molecule has 94 valence electrons. The second kappa shape index (κ2) is 5.60. The van der Waals surface area contributed by atoms with E-state index in [-0.39, 0.29) is 5.78 Å². The fraction of sp³-hybridized carbons (Fsp3) is 0.286. The number of ether oxygens (including phenoxy) is 2. The van der Waals surface area contributed by atoms with Crippen molar-refractivity contribution in [2.75, 3.05) is 0 Å². The van der Waals surface area contributed by atoms with Crippen LogP contribution in [0.1, 0.15) is 12.5 Å². The quantitative estimate of drug-likeness (QED) is 0.758. The van der Waals surface area contributed by atoms with Crippen molar-refractivity contribution < 1.29 is 19.1 Å². The van der Waals surface area contributed by atoms with Crippen LogP contribution in [0.15, 0.2) is 42.5 Å². The van der Waals surface area contributed by atoms with E-state index in [4.69, 9.17) is 9.47 Å². The Kier molecular flexibility index (Phi) is 3.89. The predicted octanol–water partition coefficient (Wildman–Crippen LogP) is 1.64. The predicted molar refractivity (Wildman–Crippen MR) is 64.7 cm³/mol. The van der Waals surface area contributed by atoms with Crippen molar-refractivity contribution in [3.63, 3.8) is 0 Å². The number of carbonyl (C=O) groups is 2. The Morgan fingerprint density at radius 1 is 1.28 bits per heavy atom. The van der Waals surface area contributed by atoms with E-state index >= 15 is 0 Å². The van der Waals surface area contributed by atoms with Gasteiger partial charge in [-0.2, -0.15) is 0 Å². The number of benzene rings is 1. The minimum absolute atomic E-state index is 0.169. The lowest BCUT2D eigenvalue weighted by Gasteiger charge is -2.18. The summed E-state index contributed by atoms with van der Waals surface area (Å²) in [5.74, 6) is -0.593. The van der Waals surface area contributed by atoms with Gasteiger partial charge in [-0.1, -0.05) is 30.3 Å². The molecule has 0 aliphatic heterocycles. The van der Waals surface area contributed by atoms with Gasteiger partial charge in [-0.25, -0.2) is 0 Å². The van der Waals surface area contributed by atoms with Crippen LogP contribution in [0.3, 0.4) is 0 Å². The highest BCUT2D eigenvalue weighted by Crippen LogP contribution is 2.17. The van der Waals surface area contributed by atoms with Gasteiger partial charge in [0.1, 0.15) is 0 Å². The lowest BCUT2D eigenvalue weighted by molar-refractivity contribution is -0.153. The van der Waals surface area contributed by atoms with Crippen LogP contribution in [0.5, 0.6) is 0 Å². The molecule has 0 bridgehead atoms. The molecule has 2 unspecified atom stereocenters. The first-order chi connectivity index (χ1) is 8.66. The second-order valence-corrected chi connectivity index (χ2v) is 4.05. The summed E-state index contributed by atoms with van der Waals surface area (Å²) in [5, 5.41) is 0. The third-order valence-electron chi connectivity index (χ3n) is 2.60. The molecule has 1 aromatic rings. The molecule has 0 amide bonds. The van der Waals surface area contributed by atoms with Crippen LogP contribution in [-0.4, -0.2) is 24.0 Å². The van der Waals surface area contributed by atoms with E-state index in [1.807, 2.05) is 30.3 Å². The van der Waals surface area contributed by atoms with Crippen LogP contribution < -0.4 is 0 Å². The molecule has 0 heterocycles. The summed E-state index contributed by atoms with van der Waals surface area (Å²) >= 11 is 0. The summed E-state index contributed by atoms with van der Waals surface area (Å²) in [6.07, 6.45) is 1.61. The molecule has 1 aliphatic rings. The molecule has 4 nitrogen and oxygen atoms in total. The molecule has 4 heteroatoms. The van der Waals surface area contributed by atoms with Gasteiger partial charge in [0.15, 0.2) is 18.0 Å². The first kappa shape index (κ1) is 12.5. The van der Waals surface area contributed by atoms with Gasteiger partial charge >= 0.3 is 5.97 Å². The SMILES string of the molecule is CC(=O)OC1C=CC(=O)C1OCc1ccccc1. The maximum atomic E-state index is 11.6. The van der Waals surface area contributed by atoms with E-state index in [0.29, 0.717) is 6.61 Å². The van der Waals surface area contributed by atoms with Gasteiger partial charge in [0.05, 0.1) is 6.61 Å². The van der Waals surface area contributed by atoms with Crippen LogP contribution in [0.25, 0.3) is 0 Å². The van der Waals surface area contributed by atoms with Crippen LogP contribution in [0.2, 0.25) is 0 Å². The maximum absolute atomic E-state index is 11.6. The highest BCUT2D eigenvalue weighted by molar-refractivity contribution is 5.97. The Labute approximate surface area is 105 Å². The molecule has 2 rings (SSSR count). The molecule has 0 saturated carbocycles. The standard InChI is InChI=1S/C14H14O4/c1-10(15)18-13-8-7-12(16)14(13)17-9-11-5-3-2-4-6-11/h2-8,13-14H,9H2,1H3. The summed E-state index contributed by atoms with van der Waals surface area (Å²) in [6, 6.07) is 9.53. The zero-order valence-corrected chi connectivity index (χ0v) is 10.0. The van der Waals surface area contributed by atoms with Crippen LogP contribution in [0.4, 0.5) is 0 Å². The average molecular weight is 246 g/mol. The molecule has 0 fully saturated rings. The molecule has 0 spiro atoms. The third-order valence-corrected chi connectivity index (χ3v) is 2.60. The smallest absolute Gasteiger partial charge is 0.303 e. The van der Waals surface area contributed by atoms with E-state index in [1.165, 1.54) is 13.0 Å². The second-order valence-electron chi connectivity index (χ2n) is 4.05. The number of rotatable bonds is 4. The molecule has 2 atom stereocenters. The molecule has 1 aliphatic carbocycles. The van der Waals surface area contributed by atoms with E-state index in [2.05, 4.69) is 0 Å². The average Bonchev–Trinajstić information content (AvgIpc) is 2.68. The van der Waals surface area contributed by atoms with Crippen molar-refractivity contribution in [3.8, 4) is 0 Å². The Hall–Kier alpha value is -1.94. The van der Waals surface area contributed by atoms with Gasteiger partial charge in [0, 0.05) is 6.92 Å². The normalized spacial score (nSPS) is 22.2. The zero-order chi connectivity index (χ0) is 13.0. The Bertz CT molecular complexity index is 464. The molecule has 0 N–H and O–H groups in total. The minimum atomic E-state index is -0.728. The van der Waals surface area contributed by atoms with Gasteiger partial charge in [-0.15, -0.1) is 0 Å². The molecule has 0 radical (unpaired) electrons. The molecule has 0 saturated heterocycles. The van der Waals surface area contributed by atoms with E-state index in [0.717, 1.165) is 5.56 Å². The number of hydrogen-bond acceptors (Lipinski definition) is 4. The van der Waals surface area contributed by atoms with Gasteiger partial charge < -0.3 is 9.47 Å². The van der Waals surface area contributed by atoms with Crippen LogP contribution in [0, 0.1) is 0 Å². The number of esters is 1. The number of hydrogen-bond donors (Lipinski definition) is 0. The van der Waals surface area contributed by atoms with Gasteiger partial charge in [0.25, 0.3) is 0 Å². The van der Waals surface area contributed by atoms with Crippen molar-refractivity contribution in [1.82, 2.24) is 0 Å². The van der Waals surface area contributed by atoms with Crippen molar-refractivity contribution in [1.29, 1.82) is 0 Å². The monoisotopic (exact) mass is 246 g/mol. The van der Waals surface area contributed by atoms with Crippen LogP contribution in [-0.2, 0) is 25.7 Å². The van der Waals surface area contributed by atoms with Gasteiger partial charge in [-0.3, -0.25) is 9.59 Å². The fourth-order valence-electron chi connectivity index (χ4n) is 1.78. The highest BCUT2D eigenvalue weighted by atomic mass is 16.6. The largest absolute Gasteiger partial charge is 0.455 e. The topological polar surface area (TPSA) is 52.6 Å². The minimum Gasteiger partial charge on any atom is -0.455 e. The summed E-state index contributed by atoms with van der Waals surface area (Å²) in [7, 11) is 0. The lowest BCUT2D eigenvalue weighted by atomic mass is 10.2. The molecular weight excluding hydrogens is 232 g/mol. The first-order valence-electron chi connectivity index (χ1n) is 5.71. The fourth-order valence-corrected chi connectivity index (χ4v) is 1.78. The van der Waals surface area contributed by atoms with E-state index in [1.54, 1.807) is 6.08 Å². The Balaban J connectivity index is 1.95. The van der Waals surface area contributed by atoms with Gasteiger partial charge in [-0.05, 0) is 17.7 Å². The van der Waals surface area contributed by atoms with Crippen molar-refractivity contribution in [2.45, 2.75) is 25.7 Å². The Morgan fingerprint density at radius 3 is 2.67 bits per heavy atom. The maximum Gasteiger partial charge on any atom is 0.303 e. The summed E-state index contributed by atoms with van der Waals surface area (Å²) in [4.78, 5) is 22.5. The van der Waals surface area contributed by atoms with Crippen molar-refractivity contribution in [2.24, 2.45) is 0 Å². The molecule has 18 heavy (non-hydrogen) atoms. The number of carbonyl (C=O) groups excluding carboxylic acids is 2. The first-order valence-corrected chi connectivity index (χ1v) is 5.71. The van der Waals surface area contributed by atoms with Gasteiger partial charge in [0.2, 0.25) is 0 Å². The summed E-state index contributed by atoms with van der Waals surface area (Å²) in [6.45, 7) is 1.63. The summed E-state index contributed by atoms with van der Waals surface area (Å²) < 4.78 is 10.5. The molecule has 1 aromatic carbocycles. The van der Waals surface area contributed by atoms with E-state index in [9.17, 15) is 9.59 Å². The van der Waals surface area contributed by atoms with Crippen molar-refractivity contribution in [3.05, 3.63) is 48.0 Å². The van der Waals surface area contributed by atoms with Crippen molar-refractivity contribution >= 4 is 11.8 Å². The van der Waals surface area contributed by atoms with E-state index < -0.39 is 18.2 Å². The Morgan fingerprint density at radius 2 is 2.00 bits per heavy atom. The van der Waals surface area contributed by atoms with Crippen LogP contribution >= 0.6 is 0 Å². The summed E-state index contributed by atoms with van der Waals surface area (Å²) in [5.41, 5.74) is 0.971. The number of ketones is 1. The molecular formula is C14H14O4. The molecule has 0 aromatic heterocycles. The highest BCUT2D eigenvalue weighted by Gasteiger charge is 2.33. The lowest BCUT2D eigenvalue weighted by Crippen LogP contribution is -2.33. The zero-order valence-electron chi connectivity index (χ0n) is 10.0. The third kappa shape index (κ3) is 3.05.